The van der Waals surface area contributed by atoms with Gasteiger partial charge < -0.3 is 29.4 Å². The van der Waals surface area contributed by atoms with Gasteiger partial charge in [0.05, 0.1) is 0 Å². The van der Waals surface area contributed by atoms with Crippen LogP contribution in [0.2, 0.25) is 0 Å². The molecule has 1 aromatic rings. The number of halogens is 1. The van der Waals surface area contributed by atoms with Crippen LogP contribution >= 0.6 is 0 Å². The van der Waals surface area contributed by atoms with E-state index in [2.05, 4.69) is 4.98 Å². The van der Waals surface area contributed by atoms with Crippen molar-refractivity contribution in [2.75, 3.05) is 0 Å². The van der Waals surface area contributed by atoms with E-state index >= 15 is 0 Å². The molecule has 0 aliphatic carbocycles. The van der Waals surface area contributed by atoms with Gasteiger partial charge in [-0.2, -0.15) is 0 Å². The Morgan fingerprint density at radius 3 is 1.50 bits per heavy atom. The summed E-state index contributed by atoms with van der Waals surface area (Å²) in [6.45, 7) is 0. The number of nitrogens with one attached hydrogen (secondary N) is 1. The maximum atomic E-state index is 2.86. The second-order valence-corrected chi connectivity index (χ2v) is 0.885. The average Bonchev–Trinajstić information content (AvgIpc) is 1.76. The summed E-state index contributed by atoms with van der Waals surface area (Å²) in [5.41, 5.74) is 0. The van der Waals surface area contributed by atoms with E-state index in [0.29, 0.717) is 0 Å². The molecule has 1 N–H and O–H groups in total. The molecule has 3 heteroatoms. The van der Waals surface area contributed by atoms with Gasteiger partial charge >= 0.3 is 23.1 Å². The molecule has 0 aromatic carbocycles. The van der Waals surface area contributed by atoms with Gasteiger partial charge in [-0.05, 0) is 12.1 Å². The van der Waals surface area contributed by atoms with Crippen molar-refractivity contribution in [3.05, 3.63) is 32.0 Å². The average molecular weight is 186 g/mol. The summed E-state index contributed by atoms with van der Waals surface area (Å²) < 4.78 is 0. The molecule has 0 aliphatic heterocycles. The fraction of sp³-hybridized carbons (Fsp3) is 0. The molecule has 0 spiro atoms. The van der Waals surface area contributed by atoms with Crippen LogP contribution in [-0.4, -0.2) is 28.0 Å². The summed E-state index contributed by atoms with van der Waals surface area (Å²) in [5.74, 6) is 0. The van der Waals surface area contributed by atoms with E-state index in [1.807, 2.05) is 24.5 Å². The zero-order chi connectivity index (χ0) is 3.54. The zero-order valence-electron chi connectivity index (χ0n) is 4.89. The number of rotatable bonds is 0. The quantitative estimate of drug-likeness (QED) is 0.359. The van der Waals surface area contributed by atoms with Gasteiger partial charge in [-0.1, -0.05) is 0 Å². The Kier molecular flexibility index (Phi) is 20.7. The Morgan fingerprint density at radius 1 is 1.00 bits per heavy atom. The van der Waals surface area contributed by atoms with Crippen LogP contribution in [0.1, 0.15) is 0 Å². The molecule has 0 saturated heterocycles. The van der Waals surface area contributed by atoms with Crippen molar-refractivity contribution in [1.29, 1.82) is 0 Å². The molecular formula is C5H8BrMgN. The summed E-state index contributed by atoms with van der Waals surface area (Å²) in [7, 11) is 0. The fourth-order valence-electron chi connectivity index (χ4n) is 0.278. The van der Waals surface area contributed by atoms with E-state index < -0.39 is 0 Å². The molecule has 1 rings (SSSR count). The van der Waals surface area contributed by atoms with E-state index in [4.69, 9.17) is 0 Å². The summed E-state index contributed by atoms with van der Waals surface area (Å²) in [4.78, 5) is 2.86. The second-order valence-electron chi connectivity index (χ2n) is 0.885. The zero-order valence-corrected chi connectivity index (χ0v) is 7.89. The minimum Gasteiger partial charge on any atom is -1.00 e. The van der Waals surface area contributed by atoms with Crippen molar-refractivity contribution in [1.82, 2.24) is 4.98 Å². The van der Waals surface area contributed by atoms with Gasteiger partial charge in [-0.25, -0.2) is 0 Å². The SMILES string of the molecule is [Br-].[CH3-].[Mg+2].c1cc[nH]c1. The molecule has 0 saturated carbocycles. The largest absolute Gasteiger partial charge is 2.00 e. The molecule has 0 unspecified atom stereocenters. The molecule has 0 aliphatic rings. The van der Waals surface area contributed by atoms with Crippen molar-refractivity contribution in [3.63, 3.8) is 0 Å². The minimum atomic E-state index is 0. The first-order valence-corrected chi connectivity index (χ1v) is 1.58. The predicted molar refractivity (Wildman–Crippen MR) is 33.0 cm³/mol. The summed E-state index contributed by atoms with van der Waals surface area (Å²) in [6.07, 6.45) is 3.75. The van der Waals surface area contributed by atoms with Crippen LogP contribution in [0, 0.1) is 7.43 Å². The van der Waals surface area contributed by atoms with E-state index in [9.17, 15) is 0 Å². The van der Waals surface area contributed by atoms with Crippen LogP contribution < -0.4 is 17.0 Å². The molecule has 0 radical (unpaired) electrons. The molecule has 8 heavy (non-hydrogen) atoms. The normalized spacial score (nSPS) is 5.00. The van der Waals surface area contributed by atoms with Crippen molar-refractivity contribution in [2.45, 2.75) is 0 Å². The van der Waals surface area contributed by atoms with E-state index in [1.165, 1.54) is 0 Å². The number of aromatic amines is 1. The monoisotopic (exact) mass is 185 g/mol. The third-order valence-corrected chi connectivity index (χ3v) is 0.496. The van der Waals surface area contributed by atoms with E-state index in [1.54, 1.807) is 0 Å². The predicted octanol–water partition coefficient (Wildman–Crippen LogP) is -1.91. The number of H-pyrrole nitrogens is 1. The van der Waals surface area contributed by atoms with Crippen LogP contribution in [0.25, 0.3) is 0 Å². The standard InChI is InChI=1S/C4H5N.CH3.BrH.Mg/c1-2-4-5-3-1;;;/h1-5H;1H3;1H;/q;-1;;+2/p-1. The van der Waals surface area contributed by atoms with Gasteiger partial charge in [0.25, 0.3) is 0 Å². The van der Waals surface area contributed by atoms with Crippen LogP contribution in [0.15, 0.2) is 24.5 Å². The van der Waals surface area contributed by atoms with Gasteiger partial charge in [-0.15, -0.1) is 0 Å². The number of aromatic nitrogens is 1. The van der Waals surface area contributed by atoms with Gasteiger partial charge in [0.2, 0.25) is 0 Å². The minimum absolute atomic E-state index is 0. The van der Waals surface area contributed by atoms with E-state index in [0.717, 1.165) is 0 Å². The maximum absolute atomic E-state index is 2.86. The molecule has 1 heterocycles. The molecule has 0 bridgehead atoms. The van der Waals surface area contributed by atoms with E-state index in [-0.39, 0.29) is 47.5 Å². The van der Waals surface area contributed by atoms with Crippen LogP contribution in [-0.2, 0) is 0 Å². The third kappa shape index (κ3) is 6.53. The molecule has 0 fully saturated rings. The first-order valence-electron chi connectivity index (χ1n) is 1.58. The van der Waals surface area contributed by atoms with Gasteiger partial charge in [0, 0.05) is 12.4 Å². The second kappa shape index (κ2) is 10.5. The Morgan fingerprint density at radius 2 is 1.38 bits per heavy atom. The Labute approximate surface area is 76.8 Å². The molecule has 42 valence electrons. The number of hydrogen-bond donors (Lipinski definition) is 1. The summed E-state index contributed by atoms with van der Waals surface area (Å²) in [5, 5.41) is 0. The number of hydrogen-bond acceptors (Lipinski definition) is 0. The smallest absolute Gasteiger partial charge is 1.00 e. The molecule has 0 atom stereocenters. The van der Waals surface area contributed by atoms with Gasteiger partial charge in [0.15, 0.2) is 0 Å². The van der Waals surface area contributed by atoms with Gasteiger partial charge in [0.1, 0.15) is 0 Å². The molecule has 1 aromatic heterocycles. The maximum Gasteiger partial charge on any atom is 2.00 e. The Balaban J connectivity index is -0.0000000833. The Bertz CT molecular complexity index is 68.9. The van der Waals surface area contributed by atoms with Crippen LogP contribution in [0.4, 0.5) is 0 Å². The van der Waals surface area contributed by atoms with Crippen molar-refractivity contribution < 1.29 is 17.0 Å². The van der Waals surface area contributed by atoms with Crippen molar-refractivity contribution in [3.8, 4) is 0 Å². The summed E-state index contributed by atoms with van der Waals surface area (Å²) >= 11 is 0. The molecule has 1 nitrogen and oxygen atoms in total. The third-order valence-electron chi connectivity index (χ3n) is 0.496. The first kappa shape index (κ1) is 15.8. The van der Waals surface area contributed by atoms with Gasteiger partial charge in [-0.3, -0.25) is 0 Å². The van der Waals surface area contributed by atoms with Crippen molar-refractivity contribution in [2.24, 2.45) is 0 Å². The van der Waals surface area contributed by atoms with Crippen LogP contribution in [0.3, 0.4) is 0 Å². The molecule has 0 amide bonds. The van der Waals surface area contributed by atoms with Crippen LogP contribution in [0.5, 0.6) is 0 Å². The Hall–Kier alpha value is 0.526. The fourth-order valence-corrected chi connectivity index (χ4v) is 0.278. The topological polar surface area (TPSA) is 15.8 Å². The van der Waals surface area contributed by atoms with Crippen molar-refractivity contribution >= 4 is 23.1 Å². The first-order chi connectivity index (χ1) is 2.50. The summed E-state index contributed by atoms with van der Waals surface area (Å²) in [6, 6.07) is 3.89. The molecular weight excluding hydrogens is 178 g/mol.